The first kappa shape index (κ1) is 16.9. The molecule has 0 aliphatic carbocycles. The molecule has 0 aliphatic heterocycles. The van der Waals surface area contributed by atoms with Gasteiger partial charge in [0.15, 0.2) is 11.8 Å². The molecule has 25 heavy (non-hydrogen) atoms. The van der Waals surface area contributed by atoms with Gasteiger partial charge < -0.3 is 11.5 Å². The van der Waals surface area contributed by atoms with E-state index in [0.29, 0.717) is 12.4 Å². The fraction of sp³-hybridized carbons (Fsp3) is 0.250. The molecule has 4 N–H and O–H groups in total. The van der Waals surface area contributed by atoms with Crippen molar-refractivity contribution < 1.29 is 0 Å². The molecule has 5 heteroatoms. The van der Waals surface area contributed by atoms with Crippen molar-refractivity contribution in [3.8, 4) is 11.4 Å². The number of nitrogens with zero attached hydrogens (tertiary/aromatic N) is 3. The average Bonchev–Trinajstić information content (AvgIpc) is 2.58. The largest absolute Gasteiger partial charge is 0.370 e. The summed E-state index contributed by atoms with van der Waals surface area (Å²) in [7, 11) is 0. The third-order valence-corrected chi connectivity index (χ3v) is 4.08. The normalized spacial score (nSPS) is 11.5. The molecule has 5 nitrogen and oxygen atoms in total. The third kappa shape index (κ3) is 3.76. The van der Waals surface area contributed by atoms with Crippen molar-refractivity contribution in [2.75, 3.05) is 0 Å². The molecule has 1 heterocycles. The lowest BCUT2D eigenvalue weighted by Crippen LogP contribution is -2.22. The Labute approximate surface area is 147 Å². The Morgan fingerprint density at radius 3 is 2.48 bits per heavy atom. The average molecular weight is 333 g/mol. The maximum absolute atomic E-state index is 5.49. The second-order valence-corrected chi connectivity index (χ2v) is 7.08. The van der Waals surface area contributed by atoms with Crippen LogP contribution in [0.25, 0.3) is 22.3 Å². The van der Waals surface area contributed by atoms with Crippen LogP contribution in [0.2, 0.25) is 0 Å². The number of aliphatic imine (C=N–C) groups is 1. The Bertz CT molecular complexity index is 934. The fourth-order valence-electron chi connectivity index (χ4n) is 2.68. The van der Waals surface area contributed by atoms with Crippen molar-refractivity contribution in [2.45, 2.75) is 32.7 Å². The first-order valence-electron chi connectivity index (χ1n) is 8.26. The van der Waals surface area contributed by atoms with Crippen LogP contribution in [0.4, 0.5) is 0 Å². The van der Waals surface area contributed by atoms with E-state index in [9.17, 15) is 0 Å². The van der Waals surface area contributed by atoms with Gasteiger partial charge in [-0.1, -0.05) is 57.2 Å². The minimum atomic E-state index is 0.0546. The monoisotopic (exact) mass is 333 g/mol. The molecule has 0 atom stereocenters. The second-order valence-electron chi connectivity index (χ2n) is 7.08. The molecule has 0 fully saturated rings. The minimum Gasteiger partial charge on any atom is -0.370 e. The van der Waals surface area contributed by atoms with Crippen LogP contribution in [0, 0.1) is 0 Å². The summed E-state index contributed by atoms with van der Waals surface area (Å²) in [6.07, 6.45) is 0. The van der Waals surface area contributed by atoms with Crippen LogP contribution in [0.3, 0.4) is 0 Å². The molecule has 0 amide bonds. The van der Waals surface area contributed by atoms with Gasteiger partial charge in [0.1, 0.15) is 0 Å². The molecular weight excluding hydrogens is 310 g/mol. The van der Waals surface area contributed by atoms with Crippen molar-refractivity contribution in [3.63, 3.8) is 0 Å². The predicted molar refractivity (Wildman–Crippen MR) is 103 cm³/mol. The number of fused-ring (bicyclic) bond motifs is 1. The summed E-state index contributed by atoms with van der Waals surface area (Å²) in [4.78, 5) is 13.6. The minimum absolute atomic E-state index is 0.0546. The predicted octanol–water partition coefficient (Wildman–Crippen LogP) is 3.37. The van der Waals surface area contributed by atoms with Crippen molar-refractivity contribution in [3.05, 3.63) is 59.8 Å². The molecule has 0 unspecified atom stereocenters. The maximum atomic E-state index is 5.49. The van der Waals surface area contributed by atoms with Crippen LogP contribution < -0.4 is 11.5 Å². The van der Waals surface area contributed by atoms with Gasteiger partial charge in [-0.2, -0.15) is 0 Å². The number of hydrogen-bond acceptors (Lipinski definition) is 3. The lowest BCUT2D eigenvalue weighted by molar-refractivity contribution is 0.590. The first-order chi connectivity index (χ1) is 11.8. The highest BCUT2D eigenvalue weighted by Gasteiger charge is 2.15. The Morgan fingerprint density at radius 1 is 1.00 bits per heavy atom. The van der Waals surface area contributed by atoms with Gasteiger partial charge in [-0.05, 0) is 23.1 Å². The molecule has 2 aromatic carbocycles. The molecule has 0 spiro atoms. The first-order valence-corrected chi connectivity index (χ1v) is 8.26. The van der Waals surface area contributed by atoms with Crippen LogP contribution in [0.15, 0.2) is 53.5 Å². The summed E-state index contributed by atoms with van der Waals surface area (Å²) < 4.78 is 0. The van der Waals surface area contributed by atoms with Crippen LogP contribution >= 0.6 is 0 Å². The molecule has 0 saturated carbocycles. The fourth-order valence-corrected chi connectivity index (χ4v) is 2.68. The Kier molecular flexibility index (Phi) is 4.40. The summed E-state index contributed by atoms with van der Waals surface area (Å²) >= 11 is 0. The smallest absolute Gasteiger partial charge is 0.186 e. The number of nitrogens with two attached hydrogens (primary N) is 2. The van der Waals surface area contributed by atoms with Gasteiger partial charge in [0.25, 0.3) is 0 Å². The molecule has 0 saturated heterocycles. The zero-order valence-electron chi connectivity index (χ0n) is 14.8. The number of guanidine groups is 1. The molecule has 0 aliphatic rings. The zero-order chi connectivity index (χ0) is 18.0. The standard InChI is InChI=1S/C20H23N5/c1-20(2,3)14-8-6-7-13(11-14)18-24-16-10-5-4-9-15(16)17(25-18)12-23-19(21)22/h4-11H,12H2,1-3H3,(H4,21,22,23). The topological polar surface area (TPSA) is 90.2 Å². The summed E-state index contributed by atoms with van der Waals surface area (Å²) in [6, 6.07) is 16.3. The van der Waals surface area contributed by atoms with E-state index in [-0.39, 0.29) is 11.4 Å². The number of aromatic nitrogens is 2. The van der Waals surface area contributed by atoms with E-state index in [0.717, 1.165) is 22.2 Å². The van der Waals surface area contributed by atoms with E-state index in [1.807, 2.05) is 36.4 Å². The van der Waals surface area contributed by atoms with Crippen molar-refractivity contribution in [1.29, 1.82) is 0 Å². The molecule has 3 aromatic rings. The van der Waals surface area contributed by atoms with E-state index in [2.05, 4.69) is 37.9 Å². The molecule has 0 bridgehead atoms. The van der Waals surface area contributed by atoms with E-state index >= 15 is 0 Å². The van der Waals surface area contributed by atoms with E-state index in [4.69, 9.17) is 21.4 Å². The van der Waals surface area contributed by atoms with Gasteiger partial charge in [0.2, 0.25) is 0 Å². The molecular formula is C20H23N5. The van der Waals surface area contributed by atoms with E-state index in [1.54, 1.807) is 0 Å². The molecule has 3 rings (SSSR count). The summed E-state index contributed by atoms with van der Waals surface area (Å²) in [5.74, 6) is 0.740. The summed E-state index contributed by atoms with van der Waals surface area (Å²) in [5.41, 5.74) is 15.0. The second kappa shape index (κ2) is 6.51. The van der Waals surface area contributed by atoms with Crippen molar-refractivity contribution in [2.24, 2.45) is 16.5 Å². The quantitative estimate of drug-likeness (QED) is 0.568. The lowest BCUT2D eigenvalue weighted by Gasteiger charge is -2.19. The highest BCUT2D eigenvalue weighted by molar-refractivity contribution is 5.83. The van der Waals surface area contributed by atoms with Gasteiger partial charge in [0, 0.05) is 10.9 Å². The van der Waals surface area contributed by atoms with Gasteiger partial charge in [-0.25, -0.2) is 15.0 Å². The Morgan fingerprint density at radius 2 is 1.76 bits per heavy atom. The van der Waals surface area contributed by atoms with E-state index < -0.39 is 0 Å². The van der Waals surface area contributed by atoms with Gasteiger partial charge >= 0.3 is 0 Å². The van der Waals surface area contributed by atoms with Gasteiger partial charge in [-0.3, -0.25) is 0 Å². The number of para-hydroxylation sites is 1. The zero-order valence-corrected chi connectivity index (χ0v) is 14.8. The summed E-state index contributed by atoms with van der Waals surface area (Å²) in [5, 5.41) is 0.961. The molecule has 1 aromatic heterocycles. The van der Waals surface area contributed by atoms with Gasteiger partial charge in [0.05, 0.1) is 17.8 Å². The lowest BCUT2D eigenvalue weighted by atomic mass is 9.86. The van der Waals surface area contributed by atoms with Crippen molar-refractivity contribution >= 4 is 16.9 Å². The number of hydrogen-bond donors (Lipinski definition) is 2. The third-order valence-electron chi connectivity index (χ3n) is 4.08. The van der Waals surface area contributed by atoms with Crippen LogP contribution in [0.1, 0.15) is 32.0 Å². The number of benzene rings is 2. The van der Waals surface area contributed by atoms with E-state index in [1.165, 1.54) is 5.56 Å². The number of rotatable bonds is 3. The molecule has 0 radical (unpaired) electrons. The van der Waals surface area contributed by atoms with Crippen LogP contribution in [-0.2, 0) is 12.0 Å². The van der Waals surface area contributed by atoms with Crippen LogP contribution in [-0.4, -0.2) is 15.9 Å². The highest BCUT2D eigenvalue weighted by Crippen LogP contribution is 2.27. The highest BCUT2D eigenvalue weighted by atomic mass is 15.0. The SMILES string of the molecule is CC(C)(C)c1cccc(-c2nc(CN=C(N)N)c3ccccc3n2)c1. The molecule has 128 valence electrons. The van der Waals surface area contributed by atoms with Crippen LogP contribution in [0.5, 0.6) is 0 Å². The Hall–Kier alpha value is -2.95. The van der Waals surface area contributed by atoms with Crippen molar-refractivity contribution in [1.82, 2.24) is 9.97 Å². The maximum Gasteiger partial charge on any atom is 0.186 e. The Balaban J connectivity index is 2.15. The summed E-state index contributed by atoms with van der Waals surface area (Å²) in [6.45, 7) is 6.91. The van der Waals surface area contributed by atoms with Gasteiger partial charge in [-0.15, -0.1) is 0 Å².